The third-order valence-corrected chi connectivity index (χ3v) is 4.26. The molecule has 0 aliphatic carbocycles. The summed E-state index contributed by atoms with van der Waals surface area (Å²) in [4.78, 5) is 25.4. The molecule has 9 heteroatoms. The Balaban J connectivity index is 1.56. The Bertz CT molecular complexity index is 809. The van der Waals surface area contributed by atoms with Crippen molar-refractivity contribution in [3.05, 3.63) is 45.8 Å². The summed E-state index contributed by atoms with van der Waals surface area (Å²) >= 11 is 6.01. The molecule has 1 atom stereocenters. The number of anilines is 1. The van der Waals surface area contributed by atoms with Gasteiger partial charge >= 0.3 is 6.09 Å². The topological polar surface area (TPSA) is 96.6 Å². The average Bonchev–Trinajstić information content (AvgIpc) is 3.06. The lowest BCUT2D eigenvalue weighted by molar-refractivity contribution is 0.197. The van der Waals surface area contributed by atoms with Gasteiger partial charge < -0.3 is 19.7 Å². The van der Waals surface area contributed by atoms with Crippen molar-refractivity contribution in [1.82, 2.24) is 15.5 Å². The van der Waals surface area contributed by atoms with E-state index < -0.39 is 11.7 Å². The maximum absolute atomic E-state index is 12.0. The summed E-state index contributed by atoms with van der Waals surface area (Å²) in [6, 6.07) is 6.62. The van der Waals surface area contributed by atoms with E-state index in [0.717, 1.165) is 0 Å². The standard InChI is InChI=1S/C16H17ClN4O4/c1-24-11-2-4-12(5-3-11)25-16(23)19-10-6-7-21(9-10)13-8-18-20-15(22)14(13)17/h2-5,8,10H,6-7,9H2,1H3,(H,19,23)(H,20,22)/t10-/m1/s1. The first-order valence-corrected chi connectivity index (χ1v) is 8.05. The van der Waals surface area contributed by atoms with Gasteiger partial charge in [-0.25, -0.2) is 9.89 Å². The number of aromatic amines is 1. The molecule has 1 aliphatic heterocycles. The summed E-state index contributed by atoms with van der Waals surface area (Å²) in [6.45, 7) is 1.17. The molecule has 3 rings (SSSR count). The molecule has 1 aromatic carbocycles. The zero-order valence-corrected chi connectivity index (χ0v) is 14.2. The predicted molar refractivity (Wildman–Crippen MR) is 92.6 cm³/mol. The number of halogens is 1. The van der Waals surface area contributed by atoms with Crippen LogP contribution < -0.4 is 25.2 Å². The fourth-order valence-corrected chi connectivity index (χ4v) is 2.85. The van der Waals surface area contributed by atoms with Crippen molar-refractivity contribution in [3.8, 4) is 11.5 Å². The van der Waals surface area contributed by atoms with Crippen LogP contribution in [0.1, 0.15) is 6.42 Å². The van der Waals surface area contributed by atoms with E-state index in [1.165, 1.54) is 6.20 Å². The normalized spacial score (nSPS) is 16.6. The van der Waals surface area contributed by atoms with E-state index in [1.54, 1.807) is 31.4 Å². The molecule has 25 heavy (non-hydrogen) atoms. The van der Waals surface area contributed by atoms with Gasteiger partial charge in [0.15, 0.2) is 0 Å². The van der Waals surface area contributed by atoms with Crippen molar-refractivity contribution >= 4 is 23.4 Å². The van der Waals surface area contributed by atoms with Crippen LogP contribution in [0.25, 0.3) is 0 Å². The first-order valence-electron chi connectivity index (χ1n) is 7.67. The van der Waals surface area contributed by atoms with E-state index >= 15 is 0 Å². The highest BCUT2D eigenvalue weighted by molar-refractivity contribution is 6.33. The van der Waals surface area contributed by atoms with Crippen molar-refractivity contribution in [2.24, 2.45) is 0 Å². The van der Waals surface area contributed by atoms with Gasteiger partial charge in [0.1, 0.15) is 16.5 Å². The summed E-state index contributed by atoms with van der Waals surface area (Å²) in [6.07, 6.45) is 1.68. The number of amides is 1. The minimum atomic E-state index is -0.535. The first-order chi connectivity index (χ1) is 12.1. The van der Waals surface area contributed by atoms with E-state index in [9.17, 15) is 9.59 Å². The monoisotopic (exact) mass is 364 g/mol. The second-order valence-corrected chi connectivity index (χ2v) is 5.92. The molecule has 0 unspecified atom stereocenters. The molecule has 1 aliphatic rings. The van der Waals surface area contributed by atoms with Crippen molar-refractivity contribution in [3.63, 3.8) is 0 Å². The number of benzene rings is 1. The summed E-state index contributed by atoms with van der Waals surface area (Å²) in [5, 5.41) is 8.94. The maximum Gasteiger partial charge on any atom is 0.412 e. The molecule has 132 valence electrons. The minimum absolute atomic E-state index is 0.0939. The third kappa shape index (κ3) is 4.03. The van der Waals surface area contributed by atoms with Crippen LogP contribution in [-0.4, -0.2) is 42.5 Å². The highest BCUT2D eigenvalue weighted by atomic mass is 35.5. The third-order valence-electron chi connectivity index (χ3n) is 3.90. The number of hydrogen-bond acceptors (Lipinski definition) is 6. The fourth-order valence-electron chi connectivity index (χ4n) is 2.64. The summed E-state index contributed by atoms with van der Waals surface area (Å²) in [7, 11) is 1.57. The molecule has 0 spiro atoms. The number of nitrogens with zero attached hydrogens (tertiary/aromatic N) is 2. The lowest BCUT2D eigenvalue weighted by Crippen LogP contribution is -2.39. The summed E-state index contributed by atoms with van der Waals surface area (Å²) < 4.78 is 10.3. The molecule has 1 amide bonds. The molecule has 1 aromatic heterocycles. The highest BCUT2D eigenvalue weighted by Crippen LogP contribution is 2.24. The van der Waals surface area contributed by atoms with E-state index in [2.05, 4.69) is 15.5 Å². The lowest BCUT2D eigenvalue weighted by Gasteiger charge is -2.19. The molecule has 1 fully saturated rings. The summed E-state index contributed by atoms with van der Waals surface area (Å²) in [5.41, 5.74) is 0.118. The van der Waals surface area contributed by atoms with Crippen LogP contribution in [0.5, 0.6) is 11.5 Å². The maximum atomic E-state index is 12.0. The molecule has 2 N–H and O–H groups in total. The Kier molecular flexibility index (Phi) is 5.08. The van der Waals surface area contributed by atoms with Gasteiger partial charge in [-0.3, -0.25) is 4.79 Å². The highest BCUT2D eigenvalue weighted by Gasteiger charge is 2.26. The first kappa shape index (κ1) is 17.1. The minimum Gasteiger partial charge on any atom is -0.497 e. The number of rotatable bonds is 4. The van der Waals surface area contributed by atoms with Crippen LogP contribution in [0.4, 0.5) is 10.5 Å². The van der Waals surface area contributed by atoms with Gasteiger partial charge in [0.2, 0.25) is 0 Å². The number of carbonyl (C=O) groups is 1. The number of nitrogens with one attached hydrogen (secondary N) is 2. The zero-order chi connectivity index (χ0) is 17.8. The number of methoxy groups -OCH3 is 1. The van der Waals surface area contributed by atoms with Gasteiger partial charge in [-0.05, 0) is 30.7 Å². The van der Waals surface area contributed by atoms with Crippen LogP contribution in [-0.2, 0) is 0 Å². The van der Waals surface area contributed by atoms with Crippen LogP contribution in [0.2, 0.25) is 5.02 Å². The molecular weight excluding hydrogens is 348 g/mol. The molecular formula is C16H17ClN4O4. The molecule has 2 heterocycles. The number of aromatic nitrogens is 2. The molecule has 2 aromatic rings. The van der Waals surface area contributed by atoms with Gasteiger partial charge in [-0.15, -0.1) is 0 Å². The molecule has 8 nitrogen and oxygen atoms in total. The van der Waals surface area contributed by atoms with Crippen LogP contribution in [0, 0.1) is 0 Å². The number of carbonyl (C=O) groups excluding carboxylic acids is 1. The Hall–Kier alpha value is -2.74. The van der Waals surface area contributed by atoms with Gasteiger partial charge in [-0.1, -0.05) is 11.6 Å². The zero-order valence-electron chi connectivity index (χ0n) is 13.5. The van der Waals surface area contributed by atoms with Gasteiger partial charge in [0, 0.05) is 13.1 Å². The van der Waals surface area contributed by atoms with Crippen molar-refractivity contribution in [1.29, 1.82) is 0 Å². The van der Waals surface area contributed by atoms with E-state index in [-0.39, 0.29) is 11.1 Å². The smallest absolute Gasteiger partial charge is 0.412 e. The number of H-pyrrole nitrogens is 1. The molecule has 1 saturated heterocycles. The average molecular weight is 365 g/mol. The van der Waals surface area contributed by atoms with Crippen LogP contribution in [0.3, 0.4) is 0 Å². The largest absolute Gasteiger partial charge is 0.497 e. The van der Waals surface area contributed by atoms with Crippen molar-refractivity contribution in [2.75, 3.05) is 25.1 Å². The van der Waals surface area contributed by atoms with Crippen LogP contribution >= 0.6 is 11.6 Å². The number of hydrogen-bond donors (Lipinski definition) is 2. The van der Waals surface area contributed by atoms with Gasteiger partial charge in [0.25, 0.3) is 5.56 Å². The van der Waals surface area contributed by atoms with E-state index in [0.29, 0.717) is 36.7 Å². The van der Waals surface area contributed by atoms with Crippen molar-refractivity contribution < 1.29 is 14.3 Å². The Morgan fingerprint density at radius 2 is 2.08 bits per heavy atom. The SMILES string of the molecule is COc1ccc(OC(=O)N[C@@H]2CCN(c3cn[nH]c(=O)c3Cl)C2)cc1. The van der Waals surface area contributed by atoms with Crippen LogP contribution in [0.15, 0.2) is 35.3 Å². The quantitative estimate of drug-likeness (QED) is 0.858. The summed E-state index contributed by atoms with van der Waals surface area (Å²) in [5.74, 6) is 1.11. The molecule has 0 radical (unpaired) electrons. The Labute approximate surface area is 148 Å². The number of ether oxygens (including phenoxy) is 2. The fraction of sp³-hybridized carbons (Fsp3) is 0.312. The Morgan fingerprint density at radius 1 is 1.36 bits per heavy atom. The lowest BCUT2D eigenvalue weighted by atomic mass is 10.3. The van der Waals surface area contributed by atoms with E-state index in [4.69, 9.17) is 21.1 Å². The second kappa shape index (κ2) is 7.43. The molecule has 0 saturated carbocycles. The van der Waals surface area contributed by atoms with E-state index in [1.807, 2.05) is 4.90 Å². The Morgan fingerprint density at radius 3 is 2.80 bits per heavy atom. The van der Waals surface area contributed by atoms with Crippen molar-refractivity contribution in [2.45, 2.75) is 12.5 Å². The van der Waals surface area contributed by atoms with Gasteiger partial charge in [0.05, 0.1) is 25.0 Å². The van der Waals surface area contributed by atoms with Gasteiger partial charge in [-0.2, -0.15) is 5.10 Å². The predicted octanol–water partition coefficient (Wildman–Crippen LogP) is 1.80. The molecule has 0 bridgehead atoms. The second-order valence-electron chi connectivity index (χ2n) is 5.54.